The van der Waals surface area contributed by atoms with E-state index in [1.807, 2.05) is 18.7 Å². The van der Waals surface area contributed by atoms with Crippen LogP contribution in [0, 0.1) is 0 Å². The first-order chi connectivity index (χ1) is 9.78. The molecule has 0 aliphatic carbocycles. The van der Waals surface area contributed by atoms with Gasteiger partial charge in [0.2, 0.25) is 5.91 Å². The third-order valence-electron chi connectivity index (χ3n) is 4.42. The molecule has 21 heavy (non-hydrogen) atoms. The Bertz CT molecular complexity index is 485. The first-order valence-electron chi connectivity index (χ1n) is 7.73. The van der Waals surface area contributed by atoms with Crippen molar-refractivity contribution in [3.8, 4) is 0 Å². The molecule has 2 fully saturated rings. The normalized spacial score (nSPS) is 27.3. The van der Waals surface area contributed by atoms with E-state index >= 15 is 0 Å². The van der Waals surface area contributed by atoms with Gasteiger partial charge in [-0.25, -0.2) is 8.42 Å². The predicted molar refractivity (Wildman–Crippen MR) is 80.7 cm³/mol. The van der Waals surface area contributed by atoms with Crippen LogP contribution < -0.4 is 0 Å². The second-order valence-corrected chi connectivity index (χ2v) is 8.58. The molecule has 2 saturated heterocycles. The van der Waals surface area contributed by atoms with Gasteiger partial charge in [-0.1, -0.05) is 13.3 Å². The van der Waals surface area contributed by atoms with Crippen LogP contribution in [0.5, 0.6) is 0 Å². The molecule has 1 unspecified atom stereocenters. The maximum atomic E-state index is 12.4. The maximum absolute atomic E-state index is 12.4. The number of nitrogens with zero attached hydrogens (tertiary/aromatic N) is 2. The largest absolute Gasteiger partial charge is 0.387 e. The summed E-state index contributed by atoms with van der Waals surface area (Å²) in [6.45, 7) is 5.79. The van der Waals surface area contributed by atoms with Crippen molar-refractivity contribution in [3.05, 3.63) is 0 Å². The van der Waals surface area contributed by atoms with E-state index in [0.29, 0.717) is 26.1 Å². The van der Waals surface area contributed by atoms with E-state index in [-0.39, 0.29) is 30.0 Å². The van der Waals surface area contributed by atoms with Gasteiger partial charge < -0.3 is 10.0 Å². The number of likely N-dealkylation sites (N-methyl/N-ethyl adjacent to an activating group) is 1. The Kier molecular flexibility index (Phi) is 4.95. The average Bonchev–Trinajstić information content (AvgIpc) is 2.69. The number of hydrogen-bond donors (Lipinski definition) is 1. The first-order valence-corrected chi connectivity index (χ1v) is 9.55. The quantitative estimate of drug-likeness (QED) is 0.738. The Morgan fingerprint density at radius 1 is 1.38 bits per heavy atom. The van der Waals surface area contributed by atoms with Gasteiger partial charge in [-0.05, 0) is 19.8 Å². The second kappa shape index (κ2) is 6.22. The van der Waals surface area contributed by atoms with Crippen molar-refractivity contribution in [2.24, 2.45) is 0 Å². The van der Waals surface area contributed by atoms with Gasteiger partial charge >= 0.3 is 0 Å². The number of aliphatic hydroxyl groups is 1. The first kappa shape index (κ1) is 16.7. The summed E-state index contributed by atoms with van der Waals surface area (Å²) < 4.78 is 23.1. The van der Waals surface area contributed by atoms with E-state index in [0.717, 1.165) is 12.8 Å². The van der Waals surface area contributed by atoms with Gasteiger partial charge in [-0.3, -0.25) is 9.69 Å². The number of rotatable bonds is 6. The maximum Gasteiger partial charge on any atom is 0.237 e. The molecule has 0 spiro atoms. The van der Waals surface area contributed by atoms with Crippen LogP contribution in [0.3, 0.4) is 0 Å². The summed E-state index contributed by atoms with van der Waals surface area (Å²) in [5, 5.41) is 10.1. The number of hydrogen-bond acceptors (Lipinski definition) is 5. The lowest BCUT2D eigenvalue weighted by atomic mass is 9.89. The lowest BCUT2D eigenvalue weighted by molar-refractivity contribution is -0.144. The number of amides is 1. The zero-order valence-electron chi connectivity index (χ0n) is 12.9. The van der Waals surface area contributed by atoms with Crippen LogP contribution in [0.25, 0.3) is 0 Å². The molecule has 7 heteroatoms. The van der Waals surface area contributed by atoms with E-state index in [1.165, 1.54) is 0 Å². The van der Waals surface area contributed by atoms with Crippen LogP contribution in [0.15, 0.2) is 0 Å². The van der Waals surface area contributed by atoms with E-state index in [9.17, 15) is 18.3 Å². The molecule has 2 heterocycles. The highest BCUT2D eigenvalue weighted by Crippen LogP contribution is 2.26. The van der Waals surface area contributed by atoms with Gasteiger partial charge in [-0.15, -0.1) is 0 Å². The van der Waals surface area contributed by atoms with Crippen LogP contribution in [0.4, 0.5) is 0 Å². The fourth-order valence-electron chi connectivity index (χ4n) is 3.46. The summed E-state index contributed by atoms with van der Waals surface area (Å²) in [5.74, 6) is 0.242. The highest BCUT2D eigenvalue weighted by Gasteiger charge is 2.42. The molecule has 0 aromatic carbocycles. The van der Waals surface area contributed by atoms with E-state index in [2.05, 4.69) is 0 Å². The Labute approximate surface area is 127 Å². The third-order valence-corrected chi connectivity index (χ3v) is 6.17. The van der Waals surface area contributed by atoms with Crippen molar-refractivity contribution in [1.82, 2.24) is 9.80 Å². The van der Waals surface area contributed by atoms with Crippen molar-refractivity contribution in [3.63, 3.8) is 0 Å². The summed E-state index contributed by atoms with van der Waals surface area (Å²) in [6, 6.07) is -0.177. The van der Waals surface area contributed by atoms with Crippen molar-refractivity contribution >= 4 is 15.7 Å². The lowest BCUT2D eigenvalue weighted by Gasteiger charge is -2.47. The third kappa shape index (κ3) is 3.96. The minimum Gasteiger partial charge on any atom is -0.387 e. The molecular formula is C14H26N2O4S. The van der Waals surface area contributed by atoms with Crippen LogP contribution in [0.1, 0.15) is 33.1 Å². The zero-order chi connectivity index (χ0) is 15.7. The summed E-state index contributed by atoms with van der Waals surface area (Å²) >= 11 is 0. The van der Waals surface area contributed by atoms with Crippen LogP contribution in [0.2, 0.25) is 0 Å². The number of likely N-dealkylation sites (tertiary alicyclic amines) is 1. The zero-order valence-corrected chi connectivity index (χ0v) is 13.7. The number of β-amino-alcohol motifs (C(OH)–C–C–N with tert-alkyl or cyclic N) is 1. The Morgan fingerprint density at radius 3 is 2.52 bits per heavy atom. The molecular weight excluding hydrogens is 292 g/mol. The molecule has 2 rings (SSSR count). The average molecular weight is 318 g/mol. The van der Waals surface area contributed by atoms with Gasteiger partial charge in [0, 0.05) is 25.7 Å². The minimum absolute atomic E-state index is 0.0295. The standard InChI is InChI=1S/C14H26N2O4S/c1-3-6-14(18)10-15(11-14)8-13(17)16(4-2)12-5-7-21(19,20)9-12/h12,18H,3-11H2,1-2H3. The Hall–Kier alpha value is -0.660. The fourth-order valence-corrected chi connectivity index (χ4v) is 5.19. The van der Waals surface area contributed by atoms with Crippen molar-refractivity contribution in [2.75, 3.05) is 37.7 Å². The fraction of sp³-hybridized carbons (Fsp3) is 0.929. The molecule has 6 nitrogen and oxygen atoms in total. The smallest absolute Gasteiger partial charge is 0.237 e. The highest BCUT2D eigenvalue weighted by molar-refractivity contribution is 7.91. The molecule has 1 N–H and O–H groups in total. The van der Waals surface area contributed by atoms with E-state index < -0.39 is 15.4 Å². The highest BCUT2D eigenvalue weighted by atomic mass is 32.2. The SMILES string of the molecule is CCCC1(O)CN(CC(=O)N(CC)C2CCS(=O)(=O)C2)C1. The van der Waals surface area contributed by atoms with Gasteiger partial charge in [0.25, 0.3) is 0 Å². The molecule has 1 atom stereocenters. The molecule has 0 aromatic heterocycles. The van der Waals surface area contributed by atoms with Gasteiger partial charge in [0.15, 0.2) is 9.84 Å². The predicted octanol–water partition coefficient (Wildman–Crippen LogP) is -0.131. The second-order valence-electron chi connectivity index (χ2n) is 6.36. The van der Waals surface area contributed by atoms with Crippen molar-refractivity contribution in [1.29, 1.82) is 0 Å². The monoisotopic (exact) mass is 318 g/mol. The summed E-state index contributed by atoms with van der Waals surface area (Å²) in [6.07, 6.45) is 2.23. The number of carbonyl (C=O) groups excluding carboxylic acids is 1. The molecule has 2 aliphatic rings. The van der Waals surface area contributed by atoms with E-state index in [1.54, 1.807) is 4.90 Å². The molecule has 0 saturated carbocycles. The van der Waals surface area contributed by atoms with Gasteiger partial charge in [-0.2, -0.15) is 0 Å². The minimum atomic E-state index is -2.98. The summed E-state index contributed by atoms with van der Waals surface area (Å²) in [4.78, 5) is 16.0. The van der Waals surface area contributed by atoms with Crippen molar-refractivity contribution < 1.29 is 18.3 Å². The van der Waals surface area contributed by atoms with Gasteiger partial charge in [0.1, 0.15) is 0 Å². The van der Waals surface area contributed by atoms with Crippen LogP contribution in [-0.4, -0.2) is 78.6 Å². The molecule has 0 aromatic rings. The molecule has 122 valence electrons. The molecule has 2 aliphatic heterocycles. The molecule has 1 amide bonds. The van der Waals surface area contributed by atoms with Crippen molar-refractivity contribution in [2.45, 2.75) is 44.8 Å². The summed E-state index contributed by atoms with van der Waals surface area (Å²) in [7, 11) is -2.98. The lowest BCUT2D eigenvalue weighted by Crippen LogP contribution is -2.63. The number of sulfone groups is 1. The van der Waals surface area contributed by atoms with E-state index in [4.69, 9.17) is 0 Å². The van der Waals surface area contributed by atoms with Crippen LogP contribution >= 0.6 is 0 Å². The van der Waals surface area contributed by atoms with Crippen LogP contribution in [-0.2, 0) is 14.6 Å². The Balaban J connectivity index is 1.85. The number of carbonyl (C=O) groups is 1. The topological polar surface area (TPSA) is 77.9 Å². The molecule has 0 bridgehead atoms. The van der Waals surface area contributed by atoms with Gasteiger partial charge in [0.05, 0.1) is 23.7 Å². The Morgan fingerprint density at radius 2 is 2.05 bits per heavy atom. The summed E-state index contributed by atoms with van der Waals surface area (Å²) in [5.41, 5.74) is -0.636. The molecule has 0 radical (unpaired) electrons.